The van der Waals surface area contributed by atoms with E-state index >= 15 is 0 Å². The first-order valence-electron chi connectivity index (χ1n) is 21.7. The third kappa shape index (κ3) is 8.96. The van der Waals surface area contributed by atoms with Gasteiger partial charge in [-0.1, -0.05) is 38.1 Å². The molecule has 9 rings (SSSR count). The minimum atomic E-state index is -0.413. The van der Waals surface area contributed by atoms with E-state index in [1.165, 1.54) is 0 Å². The van der Waals surface area contributed by atoms with Gasteiger partial charge in [-0.15, -0.1) is 0 Å². The summed E-state index contributed by atoms with van der Waals surface area (Å²) in [4.78, 5) is 72.1. The molecule has 63 heavy (non-hydrogen) atoms. The third-order valence-electron chi connectivity index (χ3n) is 12.4. The van der Waals surface area contributed by atoms with Gasteiger partial charge in [-0.25, -0.2) is 19.7 Å². The van der Waals surface area contributed by atoms with Crippen LogP contribution in [0.3, 0.4) is 0 Å². The third-order valence-corrected chi connectivity index (χ3v) is 12.4. The average Bonchev–Trinajstić information content (AvgIpc) is 3.97. The normalized spacial score (nSPS) is 17.3. The molecule has 0 radical (unpaired) electrons. The van der Waals surface area contributed by atoms with Gasteiger partial charge < -0.3 is 24.6 Å². The molecule has 0 spiro atoms. The van der Waals surface area contributed by atoms with Crippen LogP contribution in [0.25, 0.3) is 33.7 Å². The Bertz CT molecular complexity index is 2620. The number of aromatic nitrogens is 7. The number of aryl methyl sites for hydroxylation is 1. The number of pyridine rings is 2. The Balaban J connectivity index is 0.768. The first-order valence-corrected chi connectivity index (χ1v) is 21.7. The molecule has 0 bridgehead atoms. The summed E-state index contributed by atoms with van der Waals surface area (Å²) in [5, 5.41) is 10.2. The predicted molar refractivity (Wildman–Crippen MR) is 240 cm³/mol. The van der Waals surface area contributed by atoms with Crippen molar-refractivity contribution in [2.24, 2.45) is 5.92 Å². The van der Waals surface area contributed by atoms with Crippen molar-refractivity contribution in [2.75, 3.05) is 67.1 Å². The molecular formula is C46H53N13O4. The van der Waals surface area contributed by atoms with E-state index in [0.717, 1.165) is 115 Å². The van der Waals surface area contributed by atoms with Crippen LogP contribution in [0.5, 0.6) is 0 Å². The molecule has 1 atom stereocenters. The van der Waals surface area contributed by atoms with Gasteiger partial charge >= 0.3 is 17.8 Å². The van der Waals surface area contributed by atoms with Gasteiger partial charge in [0.15, 0.2) is 5.82 Å². The van der Waals surface area contributed by atoms with Crippen molar-refractivity contribution >= 4 is 46.1 Å². The molecule has 0 aliphatic carbocycles. The summed E-state index contributed by atoms with van der Waals surface area (Å²) in [7, 11) is 0. The lowest BCUT2D eigenvalue weighted by Gasteiger charge is -2.39. The predicted octanol–water partition coefficient (Wildman–Crippen LogP) is 6.05. The first-order chi connectivity index (χ1) is 30.4. The van der Waals surface area contributed by atoms with Gasteiger partial charge in [0.2, 0.25) is 5.91 Å². The molecule has 17 nitrogen and oxygen atoms in total. The summed E-state index contributed by atoms with van der Waals surface area (Å²) in [6.07, 6.45) is 7.83. The SMILES string of the molecule is Cc1cc(-c2ncnc3[nH]c(-c4ccc(N5CCC(CN6CCN(c7ccc(N8CCC(=O)NC8=O)cn7)CC6)CC5)cn4)cc23)ccc1C(C)NC(=O)c1nc(C(C)(C)C)no1. The number of hydrogen-bond donors (Lipinski definition) is 3. The van der Waals surface area contributed by atoms with Gasteiger partial charge in [0, 0.05) is 75.1 Å². The van der Waals surface area contributed by atoms with E-state index in [2.05, 4.69) is 79.7 Å². The number of piperazine rings is 1. The fourth-order valence-electron chi connectivity index (χ4n) is 8.74. The van der Waals surface area contributed by atoms with Crippen molar-refractivity contribution in [2.45, 2.75) is 65.3 Å². The van der Waals surface area contributed by atoms with Crippen LogP contribution in [0.4, 0.5) is 22.0 Å². The van der Waals surface area contributed by atoms with Crippen LogP contribution in [0.1, 0.15) is 80.6 Å². The number of piperidine rings is 1. The number of anilines is 3. The van der Waals surface area contributed by atoms with Crippen molar-refractivity contribution in [3.8, 4) is 22.6 Å². The van der Waals surface area contributed by atoms with Gasteiger partial charge in [-0.3, -0.25) is 29.7 Å². The molecule has 5 aromatic heterocycles. The Morgan fingerprint density at radius 3 is 2.35 bits per heavy atom. The second kappa shape index (κ2) is 17.2. The molecule has 4 amide bonds. The maximum atomic E-state index is 12.9. The number of amides is 4. The number of carbonyl (C=O) groups is 3. The highest BCUT2D eigenvalue weighted by Gasteiger charge is 2.28. The molecular weight excluding hydrogens is 799 g/mol. The Labute approximate surface area is 365 Å². The van der Waals surface area contributed by atoms with Gasteiger partial charge in [-0.2, -0.15) is 4.98 Å². The minimum Gasteiger partial charge on any atom is -0.370 e. The summed E-state index contributed by atoms with van der Waals surface area (Å²) < 4.78 is 5.25. The molecule has 326 valence electrons. The molecule has 6 aromatic rings. The number of benzene rings is 1. The second-order valence-corrected chi connectivity index (χ2v) is 17.9. The molecule has 1 unspecified atom stereocenters. The number of imide groups is 1. The summed E-state index contributed by atoms with van der Waals surface area (Å²) in [6.45, 7) is 17.1. The van der Waals surface area contributed by atoms with Gasteiger partial charge in [0.1, 0.15) is 17.8 Å². The van der Waals surface area contributed by atoms with Crippen molar-refractivity contribution in [3.63, 3.8) is 0 Å². The van der Waals surface area contributed by atoms with Crippen LogP contribution >= 0.6 is 0 Å². The monoisotopic (exact) mass is 851 g/mol. The lowest BCUT2D eigenvalue weighted by molar-refractivity contribution is -0.120. The van der Waals surface area contributed by atoms with Crippen LogP contribution in [0, 0.1) is 12.8 Å². The van der Waals surface area contributed by atoms with Crippen molar-refractivity contribution < 1.29 is 18.9 Å². The Kier molecular flexibility index (Phi) is 11.4. The highest BCUT2D eigenvalue weighted by atomic mass is 16.5. The molecule has 0 saturated carbocycles. The number of hydrogen-bond acceptors (Lipinski definition) is 13. The van der Waals surface area contributed by atoms with E-state index in [9.17, 15) is 14.4 Å². The largest absolute Gasteiger partial charge is 0.370 e. The van der Waals surface area contributed by atoms with E-state index in [4.69, 9.17) is 9.51 Å². The topological polar surface area (TPSA) is 194 Å². The van der Waals surface area contributed by atoms with E-state index in [1.54, 1.807) is 17.4 Å². The quantitative estimate of drug-likeness (QED) is 0.144. The van der Waals surface area contributed by atoms with Gasteiger partial charge in [0.25, 0.3) is 0 Å². The molecule has 3 aliphatic heterocycles. The second-order valence-electron chi connectivity index (χ2n) is 17.9. The molecule has 8 heterocycles. The summed E-state index contributed by atoms with van der Waals surface area (Å²) in [5.41, 5.74) is 7.67. The van der Waals surface area contributed by atoms with Crippen LogP contribution in [0.2, 0.25) is 0 Å². The summed E-state index contributed by atoms with van der Waals surface area (Å²) >= 11 is 0. The molecule has 3 aliphatic rings. The van der Waals surface area contributed by atoms with E-state index in [1.807, 2.05) is 65.1 Å². The van der Waals surface area contributed by atoms with Crippen LogP contribution in [-0.2, 0) is 10.2 Å². The number of urea groups is 1. The zero-order chi connectivity index (χ0) is 43.8. The number of H-pyrrole nitrogens is 1. The van der Waals surface area contributed by atoms with Crippen molar-refractivity contribution in [1.82, 2.24) is 50.6 Å². The number of nitrogens with one attached hydrogen (secondary N) is 3. The average molecular weight is 852 g/mol. The van der Waals surface area contributed by atoms with Gasteiger partial charge in [-0.05, 0) is 80.1 Å². The fourth-order valence-corrected chi connectivity index (χ4v) is 8.74. The molecule has 3 fully saturated rings. The Morgan fingerprint density at radius 1 is 0.889 bits per heavy atom. The highest BCUT2D eigenvalue weighted by molar-refractivity contribution is 6.05. The minimum absolute atomic E-state index is 0.0516. The van der Waals surface area contributed by atoms with E-state index in [0.29, 0.717) is 30.4 Å². The molecule has 3 N–H and O–H groups in total. The van der Waals surface area contributed by atoms with Crippen molar-refractivity contribution in [3.05, 3.63) is 90.1 Å². The maximum absolute atomic E-state index is 12.9. The van der Waals surface area contributed by atoms with Gasteiger partial charge in [0.05, 0.1) is 46.9 Å². The van der Waals surface area contributed by atoms with E-state index in [-0.39, 0.29) is 23.3 Å². The number of nitrogens with zero attached hydrogens (tertiary/aromatic N) is 10. The fraction of sp³-hybridized carbons (Fsp3) is 0.413. The van der Waals surface area contributed by atoms with Crippen molar-refractivity contribution in [1.29, 1.82) is 0 Å². The zero-order valence-corrected chi connectivity index (χ0v) is 36.4. The lowest BCUT2D eigenvalue weighted by atomic mass is 9.95. The lowest BCUT2D eigenvalue weighted by Crippen LogP contribution is -2.50. The first kappa shape index (κ1) is 41.6. The number of rotatable bonds is 10. The number of fused-ring (bicyclic) bond motifs is 1. The molecule has 17 heteroatoms. The zero-order valence-electron chi connectivity index (χ0n) is 36.4. The standard InChI is InChI=1S/C46H53N13O4/c1-28-22-31(6-9-34(28)29(2)51-42(61)43-54-44(55-63-43)46(3,4)5)40-35-23-37(52-41(35)50-27-49-40)36-10-7-32(24-47-36)57-15-12-30(13-16-57)26-56-18-20-58(21-19-56)38-11-8-33(25-48-38)59-17-14-39(60)53-45(59)62/h6-11,22-25,27,29-30H,12-21,26H2,1-5H3,(H,51,61)(H,49,50,52)(H,53,60,62). The molecule has 1 aromatic carbocycles. The van der Waals surface area contributed by atoms with Crippen LogP contribution in [0.15, 0.2) is 71.8 Å². The Morgan fingerprint density at radius 2 is 1.67 bits per heavy atom. The number of carbonyl (C=O) groups excluding carboxylic acids is 3. The summed E-state index contributed by atoms with van der Waals surface area (Å²) in [5.74, 6) is 1.34. The van der Waals surface area contributed by atoms with Crippen LogP contribution < -0.4 is 25.3 Å². The maximum Gasteiger partial charge on any atom is 0.328 e. The van der Waals surface area contributed by atoms with E-state index < -0.39 is 11.9 Å². The van der Waals surface area contributed by atoms with Crippen LogP contribution in [-0.4, -0.2) is 110 Å². The Hall–Kier alpha value is -6.75. The highest BCUT2D eigenvalue weighted by Crippen LogP contribution is 2.33. The smallest absolute Gasteiger partial charge is 0.328 e. The summed E-state index contributed by atoms with van der Waals surface area (Å²) in [6, 6.07) is 15.6. The number of aromatic amines is 1. The molecule has 3 saturated heterocycles.